The summed E-state index contributed by atoms with van der Waals surface area (Å²) in [5.41, 5.74) is 5.02. The molecule has 0 bridgehead atoms. The number of carbonyl (C=O) groups excluding carboxylic acids is 1. The van der Waals surface area contributed by atoms with E-state index in [-0.39, 0.29) is 11.2 Å². The Morgan fingerprint density at radius 1 is 0.857 bits per heavy atom. The predicted molar refractivity (Wildman–Crippen MR) is 88.8 cm³/mol. The van der Waals surface area contributed by atoms with Gasteiger partial charge in [-0.05, 0) is 35.6 Å². The van der Waals surface area contributed by atoms with Gasteiger partial charge in [-0.15, -0.1) is 0 Å². The summed E-state index contributed by atoms with van der Waals surface area (Å²) in [7, 11) is 0. The van der Waals surface area contributed by atoms with E-state index in [0.29, 0.717) is 6.42 Å². The fourth-order valence-electron chi connectivity index (χ4n) is 2.65. The highest BCUT2D eigenvalue weighted by Crippen LogP contribution is 2.31. The van der Waals surface area contributed by atoms with Crippen molar-refractivity contribution < 1.29 is 4.79 Å². The van der Waals surface area contributed by atoms with E-state index in [9.17, 15) is 4.79 Å². The lowest BCUT2D eigenvalue weighted by Crippen LogP contribution is -2.18. The first-order valence-corrected chi connectivity index (χ1v) is 7.61. The van der Waals surface area contributed by atoms with Gasteiger partial charge in [0.1, 0.15) is 5.78 Å². The molecule has 0 aliphatic heterocycles. The van der Waals surface area contributed by atoms with Crippen molar-refractivity contribution in [3.8, 4) is 0 Å². The molecule has 0 fully saturated rings. The van der Waals surface area contributed by atoms with Gasteiger partial charge in [-0.25, -0.2) is 0 Å². The van der Waals surface area contributed by atoms with E-state index in [1.807, 2.05) is 0 Å². The highest BCUT2D eigenvalue weighted by molar-refractivity contribution is 5.78. The van der Waals surface area contributed by atoms with Gasteiger partial charge in [0.2, 0.25) is 0 Å². The quantitative estimate of drug-likeness (QED) is 0.775. The molecular formula is C20H24O. The van der Waals surface area contributed by atoms with E-state index in [4.69, 9.17) is 0 Å². The van der Waals surface area contributed by atoms with Gasteiger partial charge in [-0.2, -0.15) is 0 Å². The topological polar surface area (TPSA) is 17.1 Å². The third-order valence-electron chi connectivity index (χ3n) is 4.21. The zero-order valence-corrected chi connectivity index (χ0v) is 13.4. The van der Waals surface area contributed by atoms with Crippen molar-refractivity contribution in [1.82, 2.24) is 0 Å². The molecule has 21 heavy (non-hydrogen) atoms. The van der Waals surface area contributed by atoms with E-state index < -0.39 is 0 Å². The molecule has 0 saturated heterocycles. The van der Waals surface area contributed by atoms with Gasteiger partial charge in [0.25, 0.3) is 0 Å². The number of rotatable bonds is 5. The number of Topliss-reactive ketones (excluding diaryl/α,β-unsaturated/α-hetero) is 1. The zero-order chi connectivity index (χ0) is 15.5. The number of ketones is 1. The third-order valence-corrected chi connectivity index (χ3v) is 4.21. The van der Waals surface area contributed by atoms with Crippen molar-refractivity contribution >= 4 is 5.78 Å². The summed E-state index contributed by atoms with van der Waals surface area (Å²) in [5, 5.41) is 0. The van der Waals surface area contributed by atoms with Crippen LogP contribution in [0.15, 0.2) is 48.5 Å². The molecule has 0 saturated carbocycles. The fourth-order valence-corrected chi connectivity index (χ4v) is 2.65. The Morgan fingerprint density at radius 3 is 1.67 bits per heavy atom. The number of aryl methyl sites for hydroxylation is 1. The van der Waals surface area contributed by atoms with E-state index in [1.165, 1.54) is 16.7 Å². The number of hydrogen-bond donors (Lipinski definition) is 0. The summed E-state index contributed by atoms with van der Waals surface area (Å²) in [6.45, 7) is 8.29. The van der Waals surface area contributed by atoms with E-state index >= 15 is 0 Å². The molecule has 0 atom stereocenters. The first-order chi connectivity index (χ1) is 9.93. The van der Waals surface area contributed by atoms with Crippen LogP contribution in [0.3, 0.4) is 0 Å². The second-order valence-corrected chi connectivity index (χ2v) is 6.25. The average molecular weight is 280 g/mol. The van der Waals surface area contributed by atoms with Crippen molar-refractivity contribution in [2.24, 2.45) is 0 Å². The first-order valence-electron chi connectivity index (χ1n) is 7.61. The van der Waals surface area contributed by atoms with Crippen LogP contribution in [0.1, 0.15) is 49.9 Å². The smallest absolute Gasteiger partial charge is 0.134 e. The third kappa shape index (κ3) is 3.60. The first kappa shape index (κ1) is 15.5. The van der Waals surface area contributed by atoms with Crippen LogP contribution in [-0.4, -0.2) is 5.78 Å². The number of benzene rings is 2. The predicted octanol–water partition coefficient (Wildman–Crippen LogP) is 4.71. The zero-order valence-electron chi connectivity index (χ0n) is 13.4. The van der Waals surface area contributed by atoms with E-state index in [1.54, 1.807) is 6.92 Å². The van der Waals surface area contributed by atoms with E-state index in [2.05, 4.69) is 69.3 Å². The second-order valence-electron chi connectivity index (χ2n) is 6.25. The molecule has 110 valence electrons. The van der Waals surface area contributed by atoms with Crippen molar-refractivity contribution in [3.63, 3.8) is 0 Å². The molecule has 0 N–H and O–H groups in total. The standard InChI is InChI=1S/C20H24O/c1-5-16-6-10-18(11-7-16)20(3,4)19-12-8-17(9-13-19)14-15(2)21/h6-13H,5,14H2,1-4H3. The highest BCUT2D eigenvalue weighted by Gasteiger charge is 2.22. The summed E-state index contributed by atoms with van der Waals surface area (Å²) in [6, 6.07) is 17.3. The van der Waals surface area contributed by atoms with Gasteiger partial charge in [0, 0.05) is 11.8 Å². The minimum atomic E-state index is -0.0268. The highest BCUT2D eigenvalue weighted by atomic mass is 16.1. The van der Waals surface area contributed by atoms with Gasteiger partial charge in [0.15, 0.2) is 0 Å². The van der Waals surface area contributed by atoms with E-state index in [0.717, 1.165) is 12.0 Å². The van der Waals surface area contributed by atoms with Crippen LogP contribution >= 0.6 is 0 Å². The Labute approximate surface area is 128 Å². The van der Waals surface area contributed by atoms with Crippen molar-refractivity contribution in [2.45, 2.75) is 46.0 Å². The number of carbonyl (C=O) groups is 1. The van der Waals surface area contributed by atoms with Crippen LogP contribution in [0.25, 0.3) is 0 Å². The lowest BCUT2D eigenvalue weighted by atomic mass is 9.77. The van der Waals surface area contributed by atoms with Crippen LogP contribution in [-0.2, 0) is 23.1 Å². The normalized spacial score (nSPS) is 11.4. The molecule has 1 heteroatoms. The Bertz CT molecular complexity index is 603. The summed E-state index contributed by atoms with van der Waals surface area (Å²) in [5.74, 6) is 0.206. The largest absolute Gasteiger partial charge is 0.300 e. The molecule has 0 unspecified atom stereocenters. The minimum Gasteiger partial charge on any atom is -0.300 e. The van der Waals surface area contributed by atoms with Gasteiger partial charge < -0.3 is 0 Å². The van der Waals surface area contributed by atoms with Gasteiger partial charge in [-0.3, -0.25) is 4.79 Å². The maximum absolute atomic E-state index is 11.2. The van der Waals surface area contributed by atoms with Gasteiger partial charge >= 0.3 is 0 Å². The molecule has 0 radical (unpaired) electrons. The molecule has 2 aromatic rings. The lowest BCUT2D eigenvalue weighted by molar-refractivity contribution is -0.116. The molecule has 2 aromatic carbocycles. The minimum absolute atomic E-state index is 0.0268. The summed E-state index contributed by atoms with van der Waals surface area (Å²) >= 11 is 0. The monoisotopic (exact) mass is 280 g/mol. The van der Waals surface area contributed by atoms with Crippen molar-refractivity contribution in [3.05, 3.63) is 70.8 Å². The lowest BCUT2D eigenvalue weighted by Gasteiger charge is -2.26. The van der Waals surface area contributed by atoms with Gasteiger partial charge in [-0.1, -0.05) is 69.3 Å². The SMILES string of the molecule is CCc1ccc(C(C)(C)c2ccc(CC(C)=O)cc2)cc1. The molecule has 1 nitrogen and oxygen atoms in total. The molecule has 0 heterocycles. The molecule has 0 amide bonds. The van der Waals surface area contributed by atoms with Crippen LogP contribution in [0, 0.1) is 0 Å². The van der Waals surface area contributed by atoms with Crippen molar-refractivity contribution in [1.29, 1.82) is 0 Å². The maximum atomic E-state index is 11.2. The molecule has 2 rings (SSSR count). The molecule has 0 aliphatic carbocycles. The Balaban J connectivity index is 2.27. The fraction of sp³-hybridized carbons (Fsp3) is 0.350. The maximum Gasteiger partial charge on any atom is 0.134 e. The number of hydrogen-bond acceptors (Lipinski definition) is 1. The summed E-state index contributed by atoms with van der Waals surface area (Å²) in [4.78, 5) is 11.2. The molecule has 0 aromatic heterocycles. The van der Waals surface area contributed by atoms with Crippen LogP contribution < -0.4 is 0 Å². The molecule has 0 aliphatic rings. The Kier molecular flexibility index (Phi) is 4.62. The molecule has 0 spiro atoms. The average Bonchev–Trinajstić information content (AvgIpc) is 2.47. The van der Waals surface area contributed by atoms with Crippen LogP contribution in [0.2, 0.25) is 0 Å². The van der Waals surface area contributed by atoms with Crippen molar-refractivity contribution in [2.75, 3.05) is 0 Å². The molecular weight excluding hydrogens is 256 g/mol. The second kappa shape index (κ2) is 6.26. The Morgan fingerprint density at radius 2 is 1.29 bits per heavy atom. The Hall–Kier alpha value is -1.89. The van der Waals surface area contributed by atoms with Gasteiger partial charge in [0.05, 0.1) is 0 Å². The summed E-state index contributed by atoms with van der Waals surface area (Å²) in [6.07, 6.45) is 1.59. The summed E-state index contributed by atoms with van der Waals surface area (Å²) < 4.78 is 0. The van der Waals surface area contributed by atoms with Crippen LogP contribution in [0.5, 0.6) is 0 Å². The van der Waals surface area contributed by atoms with Crippen LogP contribution in [0.4, 0.5) is 0 Å².